The van der Waals surface area contributed by atoms with Gasteiger partial charge in [0.2, 0.25) is 17.6 Å². The number of hydrogen-bond acceptors (Lipinski definition) is 5. The number of hydrogen-bond donors (Lipinski definition) is 1. The van der Waals surface area contributed by atoms with Crippen LogP contribution < -0.4 is 5.73 Å². The highest BCUT2D eigenvalue weighted by Gasteiger charge is 2.30. The van der Waals surface area contributed by atoms with Crippen molar-refractivity contribution in [2.75, 3.05) is 13.1 Å². The van der Waals surface area contributed by atoms with Crippen LogP contribution in [0.2, 0.25) is 0 Å². The van der Waals surface area contributed by atoms with Crippen molar-refractivity contribution in [2.24, 2.45) is 11.7 Å². The second kappa shape index (κ2) is 8.08. The summed E-state index contributed by atoms with van der Waals surface area (Å²) in [7, 11) is 0. The lowest BCUT2D eigenvalue weighted by Gasteiger charge is -2.31. The topological polar surface area (TPSA) is 85.3 Å². The van der Waals surface area contributed by atoms with E-state index in [-0.39, 0.29) is 11.7 Å². The van der Waals surface area contributed by atoms with Gasteiger partial charge in [-0.05, 0) is 43.9 Å². The molecular formula is C18H21F3N4O2. The standard InChI is InChI=1S/C18H21F3N4O2/c19-18(20,21)14-6-4-13(5-7-14)17-23-16(27-24-17)11-25-9-1-2-12(10-25)3-8-15(22)26/h4-7,12H,1-3,8-11H2,(H2,22,26). The van der Waals surface area contributed by atoms with Crippen molar-refractivity contribution in [3.63, 3.8) is 0 Å². The van der Waals surface area contributed by atoms with E-state index in [2.05, 4.69) is 15.0 Å². The molecule has 2 N–H and O–H groups in total. The molecule has 27 heavy (non-hydrogen) atoms. The maximum atomic E-state index is 12.6. The first kappa shape index (κ1) is 19.3. The number of primary amides is 1. The minimum absolute atomic E-state index is 0.265. The molecule has 1 aliphatic heterocycles. The third-order valence-electron chi connectivity index (χ3n) is 4.70. The number of halogens is 3. The highest BCUT2D eigenvalue weighted by molar-refractivity contribution is 5.73. The molecule has 1 fully saturated rings. The van der Waals surface area contributed by atoms with E-state index in [1.165, 1.54) is 12.1 Å². The average molecular weight is 382 g/mol. The first-order chi connectivity index (χ1) is 12.8. The average Bonchev–Trinajstić information content (AvgIpc) is 3.08. The molecule has 0 aliphatic carbocycles. The number of aromatic nitrogens is 2. The summed E-state index contributed by atoms with van der Waals surface area (Å²) >= 11 is 0. The number of carbonyl (C=O) groups excluding carboxylic acids is 1. The molecule has 1 unspecified atom stereocenters. The molecule has 0 spiro atoms. The molecule has 1 amide bonds. The van der Waals surface area contributed by atoms with Gasteiger partial charge in [-0.2, -0.15) is 18.2 Å². The van der Waals surface area contributed by atoms with Crippen LogP contribution in [0.3, 0.4) is 0 Å². The van der Waals surface area contributed by atoms with Gasteiger partial charge in [-0.25, -0.2) is 0 Å². The van der Waals surface area contributed by atoms with E-state index in [0.29, 0.717) is 30.3 Å². The third-order valence-corrected chi connectivity index (χ3v) is 4.70. The monoisotopic (exact) mass is 382 g/mol. The van der Waals surface area contributed by atoms with Crippen LogP contribution >= 0.6 is 0 Å². The Bertz CT molecular complexity index is 774. The molecule has 2 heterocycles. The highest BCUT2D eigenvalue weighted by atomic mass is 19.4. The number of amides is 1. The zero-order chi connectivity index (χ0) is 19.4. The number of carbonyl (C=O) groups is 1. The summed E-state index contributed by atoms with van der Waals surface area (Å²) in [6, 6.07) is 4.66. The summed E-state index contributed by atoms with van der Waals surface area (Å²) in [6.45, 7) is 2.19. The quantitative estimate of drug-likeness (QED) is 0.829. The summed E-state index contributed by atoms with van der Waals surface area (Å²) in [5, 5.41) is 3.87. The Kier molecular flexibility index (Phi) is 5.79. The van der Waals surface area contributed by atoms with E-state index in [9.17, 15) is 18.0 Å². The smallest absolute Gasteiger partial charge is 0.370 e. The predicted octanol–water partition coefficient (Wildman–Crippen LogP) is 3.23. The van der Waals surface area contributed by atoms with Crippen molar-refractivity contribution in [1.82, 2.24) is 15.0 Å². The molecule has 6 nitrogen and oxygen atoms in total. The van der Waals surface area contributed by atoms with Crippen molar-refractivity contribution in [2.45, 2.75) is 38.4 Å². The first-order valence-electron chi connectivity index (χ1n) is 8.82. The van der Waals surface area contributed by atoms with Crippen LogP contribution in [-0.2, 0) is 17.5 Å². The second-order valence-corrected chi connectivity index (χ2v) is 6.84. The molecule has 1 aromatic carbocycles. The van der Waals surface area contributed by atoms with Crippen LogP contribution in [0.15, 0.2) is 28.8 Å². The van der Waals surface area contributed by atoms with Crippen LogP contribution in [0.1, 0.15) is 37.1 Å². The summed E-state index contributed by atoms with van der Waals surface area (Å²) < 4.78 is 43.2. The van der Waals surface area contributed by atoms with E-state index < -0.39 is 11.7 Å². The Morgan fingerprint density at radius 1 is 1.30 bits per heavy atom. The Morgan fingerprint density at radius 2 is 2.04 bits per heavy atom. The Hall–Kier alpha value is -2.42. The van der Waals surface area contributed by atoms with E-state index in [1.807, 2.05) is 0 Å². The fraction of sp³-hybridized carbons (Fsp3) is 0.500. The molecule has 1 aromatic heterocycles. The normalized spacial score (nSPS) is 18.6. The fourth-order valence-corrected chi connectivity index (χ4v) is 3.31. The second-order valence-electron chi connectivity index (χ2n) is 6.84. The molecule has 9 heteroatoms. The van der Waals surface area contributed by atoms with Crippen molar-refractivity contribution in [1.29, 1.82) is 0 Å². The molecule has 3 rings (SSSR count). The lowest BCUT2D eigenvalue weighted by atomic mass is 9.93. The van der Waals surface area contributed by atoms with Gasteiger partial charge in [0.15, 0.2) is 0 Å². The molecule has 1 saturated heterocycles. The molecule has 146 valence electrons. The van der Waals surface area contributed by atoms with Crippen molar-refractivity contribution < 1.29 is 22.5 Å². The zero-order valence-corrected chi connectivity index (χ0v) is 14.7. The van der Waals surface area contributed by atoms with Gasteiger partial charge in [-0.15, -0.1) is 0 Å². The van der Waals surface area contributed by atoms with Gasteiger partial charge in [-0.3, -0.25) is 9.69 Å². The largest absolute Gasteiger partial charge is 0.416 e. The van der Waals surface area contributed by atoms with Gasteiger partial charge < -0.3 is 10.3 Å². The molecule has 0 saturated carbocycles. The Labute approximate surface area is 154 Å². The SMILES string of the molecule is NC(=O)CCC1CCCN(Cc2nc(-c3ccc(C(F)(F)F)cc3)no2)C1. The summed E-state index contributed by atoms with van der Waals surface area (Å²) in [5.74, 6) is 0.801. The van der Waals surface area contributed by atoms with Crippen LogP contribution in [-0.4, -0.2) is 34.0 Å². The van der Waals surface area contributed by atoms with E-state index >= 15 is 0 Å². The number of rotatable bonds is 6. The molecule has 0 bridgehead atoms. The third kappa shape index (κ3) is 5.29. The minimum atomic E-state index is -4.37. The number of likely N-dealkylation sites (tertiary alicyclic amines) is 1. The van der Waals surface area contributed by atoms with Gasteiger partial charge in [0.1, 0.15) is 0 Å². The number of piperidine rings is 1. The van der Waals surface area contributed by atoms with Crippen LogP contribution in [0.5, 0.6) is 0 Å². The van der Waals surface area contributed by atoms with Crippen molar-refractivity contribution >= 4 is 5.91 Å². The fourth-order valence-electron chi connectivity index (χ4n) is 3.31. The summed E-state index contributed by atoms with van der Waals surface area (Å²) in [6.07, 6.45) is -1.14. The number of nitrogens with two attached hydrogens (primary N) is 1. The van der Waals surface area contributed by atoms with E-state index in [4.69, 9.17) is 10.3 Å². The van der Waals surface area contributed by atoms with Crippen LogP contribution in [0.25, 0.3) is 11.4 Å². The van der Waals surface area contributed by atoms with Crippen molar-refractivity contribution in [3.8, 4) is 11.4 Å². The van der Waals surface area contributed by atoms with Gasteiger partial charge >= 0.3 is 6.18 Å². The Balaban J connectivity index is 1.60. The predicted molar refractivity (Wildman–Crippen MR) is 91.2 cm³/mol. The molecule has 1 aliphatic rings. The van der Waals surface area contributed by atoms with Gasteiger partial charge in [0, 0.05) is 18.5 Å². The van der Waals surface area contributed by atoms with Crippen LogP contribution in [0, 0.1) is 5.92 Å². The highest BCUT2D eigenvalue weighted by Crippen LogP contribution is 2.30. The molecule has 1 atom stereocenters. The van der Waals surface area contributed by atoms with E-state index in [1.54, 1.807) is 0 Å². The maximum Gasteiger partial charge on any atom is 0.416 e. The Morgan fingerprint density at radius 3 is 2.70 bits per heavy atom. The summed E-state index contributed by atoms with van der Waals surface area (Å²) in [4.78, 5) is 17.4. The van der Waals surface area contributed by atoms with Crippen molar-refractivity contribution in [3.05, 3.63) is 35.7 Å². The number of benzene rings is 1. The lowest BCUT2D eigenvalue weighted by Crippen LogP contribution is -2.35. The zero-order valence-electron chi connectivity index (χ0n) is 14.7. The lowest BCUT2D eigenvalue weighted by molar-refractivity contribution is -0.137. The van der Waals surface area contributed by atoms with Gasteiger partial charge in [-0.1, -0.05) is 17.3 Å². The molecular weight excluding hydrogens is 361 g/mol. The minimum Gasteiger partial charge on any atom is -0.370 e. The van der Waals surface area contributed by atoms with Gasteiger partial charge in [0.25, 0.3) is 0 Å². The van der Waals surface area contributed by atoms with E-state index in [0.717, 1.165) is 44.5 Å². The molecule has 0 radical (unpaired) electrons. The summed E-state index contributed by atoms with van der Waals surface area (Å²) in [5.41, 5.74) is 4.96. The number of nitrogens with zero attached hydrogens (tertiary/aromatic N) is 3. The number of alkyl halides is 3. The molecule has 2 aromatic rings. The maximum absolute atomic E-state index is 12.6. The van der Waals surface area contributed by atoms with Gasteiger partial charge in [0.05, 0.1) is 12.1 Å². The van der Waals surface area contributed by atoms with Crippen LogP contribution in [0.4, 0.5) is 13.2 Å². The first-order valence-corrected chi connectivity index (χ1v) is 8.82.